The van der Waals surface area contributed by atoms with Gasteiger partial charge in [0.25, 0.3) is 0 Å². The molecular weight excluding hydrogens is 258 g/mol. The van der Waals surface area contributed by atoms with Crippen molar-refractivity contribution in [2.24, 2.45) is 0 Å². The molecule has 0 aliphatic carbocycles. The van der Waals surface area contributed by atoms with Crippen LogP contribution >= 0.6 is 0 Å². The monoisotopic (exact) mass is 273 g/mol. The first kappa shape index (κ1) is 13.7. The highest BCUT2D eigenvalue weighted by Crippen LogP contribution is 2.18. The number of anilines is 2. The molecule has 20 heavy (non-hydrogen) atoms. The first-order chi connectivity index (χ1) is 9.69. The summed E-state index contributed by atoms with van der Waals surface area (Å²) in [4.78, 5) is 23.4. The highest BCUT2D eigenvalue weighted by atomic mass is 16.4. The van der Waals surface area contributed by atoms with Gasteiger partial charge in [0, 0.05) is 25.9 Å². The number of pyridine rings is 1. The van der Waals surface area contributed by atoms with Crippen molar-refractivity contribution in [1.29, 1.82) is 0 Å². The molecule has 0 aliphatic heterocycles. The smallest absolute Gasteiger partial charge is 0.305 e. The molecule has 0 saturated carbocycles. The Morgan fingerprint density at radius 3 is 2.75 bits per heavy atom. The summed E-state index contributed by atoms with van der Waals surface area (Å²) in [5.41, 5.74) is 0.658. The van der Waals surface area contributed by atoms with E-state index in [-0.39, 0.29) is 6.42 Å². The lowest BCUT2D eigenvalue weighted by Gasteiger charge is -2.08. The van der Waals surface area contributed by atoms with Crippen LogP contribution in [0.5, 0.6) is 0 Å². The zero-order valence-corrected chi connectivity index (χ0v) is 11.0. The second-order valence-electron chi connectivity index (χ2n) is 4.00. The quantitative estimate of drug-likeness (QED) is 0.732. The molecule has 2 aromatic rings. The Morgan fingerprint density at radius 1 is 1.30 bits per heavy atom. The predicted octanol–water partition coefficient (Wildman–Crippen LogP) is 1.47. The van der Waals surface area contributed by atoms with Gasteiger partial charge < -0.3 is 15.7 Å². The van der Waals surface area contributed by atoms with Crippen molar-refractivity contribution < 1.29 is 9.90 Å². The topological polar surface area (TPSA) is 100 Å². The molecule has 0 atom stereocenters. The minimum absolute atomic E-state index is 0.0256. The van der Waals surface area contributed by atoms with Gasteiger partial charge in [-0.05, 0) is 12.1 Å². The van der Waals surface area contributed by atoms with E-state index >= 15 is 0 Å². The maximum atomic E-state index is 10.5. The molecule has 0 saturated heterocycles. The number of hydrogen-bond donors (Lipinski definition) is 3. The Bertz CT molecular complexity index is 589. The fourth-order valence-corrected chi connectivity index (χ4v) is 1.57. The van der Waals surface area contributed by atoms with Gasteiger partial charge in [-0.15, -0.1) is 0 Å². The number of carboxylic acids is 1. The third-order valence-corrected chi connectivity index (χ3v) is 2.52. The minimum atomic E-state index is -0.856. The van der Waals surface area contributed by atoms with E-state index in [4.69, 9.17) is 5.11 Å². The average Bonchev–Trinajstić information content (AvgIpc) is 2.47. The molecule has 0 spiro atoms. The number of hydrogen-bond acceptors (Lipinski definition) is 6. The van der Waals surface area contributed by atoms with Crippen LogP contribution in [0.25, 0.3) is 11.5 Å². The highest BCUT2D eigenvalue weighted by Gasteiger charge is 2.07. The van der Waals surface area contributed by atoms with Crippen LogP contribution in [0.2, 0.25) is 0 Å². The van der Waals surface area contributed by atoms with Gasteiger partial charge in [0.2, 0.25) is 0 Å². The number of aliphatic carboxylic acids is 1. The van der Waals surface area contributed by atoms with Crippen molar-refractivity contribution in [2.45, 2.75) is 6.42 Å². The van der Waals surface area contributed by atoms with E-state index in [0.717, 1.165) is 0 Å². The molecule has 3 N–H and O–H groups in total. The van der Waals surface area contributed by atoms with Crippen molar-refractivity contribution in [3.05, 3.63) is 30.5 Å². The number of aromatic nitrogens is 3. The molecule has 0 bridgehead atoms. The molecule has 0 radical (unpaired) electrons. The number of carboxylic acid groups (broad SMARTS) is 1. The lowest BCUT2D eigenvalue weighted by atomic mass is 10.3. The molecule has 0 aliphatic rings. The summed E-state index contributed by atoms with van der Waals surface area (Å²) < 4.78 is 0. The van der Waals surface area contributed by atoms with E-state index in [0.29, 0.717) is 29.7 Å². The van der Waals surface area contributed by atoms with Gasteiger partial charge in [-0.25, -0.2) is 9.97 Å². The van der Waals surface area contributed by atoms with Gasteiger partial charge in [0.1, 0.15) is 17.3 Å². The maximum absolute atomic E-state index is 10.5. The fraction of sp³-hybridized carbons (Fsp3) is 0.231. The van der Waals surface area contributed by atoms with Crippen molar-refractivity contribution in [3.63, 3.8) is 0 Å². The number of nitrogens with one attached hydrogen (secondary N) is 2. The molecule has 0 unspecified atom stereocenters. The summed E-state index contributed by atoms with van der Waals surface area (Å²) in [6.07, 6.45) is 1.69. The SMILES string of the molecule is CNc1cc(NCCC(=O)O)nc(-c2ccccn2)n1. The Hall–Kier alpha value is -2.70. The maximum Gasteiger partial charge on any atom is 0.305 e. The van der Waals surface area contributed by atoms with Gasteiger partial charge in [-0.2, -0.15) is 0 Å². The first-order valence-electron chi connectivity index (χ1n) is 6.13. The van der Waals surface area contributed by atoms with Gasteiger partial charge >= 0.3 is 5.97 Å². The van der Waals surface area contributed by atoms with Crippen LogP contribution < -0.4 is 10.6 Å². The molecule has 2 heterocycles. The third kappa shape index (κ3) is 3.64. The summed E-state index contributed by atoms with van der Waals surface area (Å²) in [6, 6.07) is 7.21. The van der Waals surface area contributed by atoms with Crippen LogP contribution in [0.4, 0.5) is 11.6 Å². The van der Waals surface area contributed by atoms with E-state index in [1.165, 1.54) is 0 Å². The molecule has 0 amide bonds. The van der Waals surface area contributed by atoms with Gasteiger partial charge in [-0.1, -0.05) is 6.07 Å². The van der Waals surface area contributed by atoms with E-state index in [1.807, 2.05) is 18.2 Å². The Kier molecular flexibility index (Phi) is 4.43. The van der Waals surface area contributed by atoms with Gasteiger partial charge in [-0.3, -0.25) is 9.78 Å². The summed E-state index contributed by atoms with van der Waals surface area (Å²) in [5, 5.41) is 14.5. The number of carbonyl (C=O) groups is 1. The minimum Gasteiger partial charge on any atom is -0.481 e. The molecule has 0 fully saturated rings. The summed E-state index contributed by atoms with van der Waals surface area (Å²) in [7, 11) is 1.76. The number of nitrogens with zero attached hydrogens (tertiary/aromatic N) is 3. The molecular formula is C13H15N5O2. The van der Waals surface area contributed by atoms with Crippen LogP contribution in [-0.4, -0.2) is 39.6 Å². The van der Waals surface area contributed by atoms with Crippen LogP contribution in [0.3, 0.4) is 0 Å². The lowest BCUT2D eigenvalue weighted by Crippen LogP contribution is -2.10. The van der Waals surface area contributed by atoms with Crippen LogP contribution in [0.15, 0.2) is 30.5 Å². The predicted molar refractivity (Wildman–Crippen MR) is 75.6 cm³/mol. The summed E-state index contributed by atoms with van der Waals surface area (Å²) in [6.45, 7) is 0.303. The largest absolute Gasteiger partial charge is 0.481 e. The molecule has 2 rings (SSSR count). The van der Waals surface area contributed by atoms with E-state index in [1.54, 1.807) is 19.3 Å². The molecule has 104 valence electrons. The van der Waals surface area contributed by atoms with E-state index in [9.17, 15) is 4.79 Å². The first-order valence-corrected chi connectivity index (χ1v) is 6.13. The van der Waals surface area contributed by atoms with Crippen molar-refractivity contribution in [1.82, 2.24) is 15.0 Å². The Balaban J connectivity index is 2.22. The zero-order valence-electron chi connectivity index (χ0n) is 11.0. The Labute approximate surface area is 116 Å². The number of rotatable bonds is 6. The normalized spacial score (nSPS) is 10.1. The van der Waals surface area contributed by atoms with Crippen molar-refractivity contribution >= 4 is 17.6 Å². The van der Waals surface area contributed by atoms with Gasteiger partial charge in [0.15, 0.2) is 5.82 Å². The zero-order chi connectivity index (χ0) is 14.4. The average molecular weight is 273 g/mol. The third-order valence-electron chi connectivity index (χ3n) is 2.52. The molecule has 7 nitrogen and oxygen atoms in total. The van der Waals surface area contributed by atoms with Gasteiger partial charge in [0.05, 0.1) is 6.42 Å². The lowest BCUT2D eigenvalue weighted by molar-refractivity contribution is -0.136. The summed E-state index contributed by atoms with van der Waals surface area (Å²) in [5.74, 6) is 0.824. The Morgan fingerprint density at radius 2 is 2.10 bits per heavy atom. The second kappa shape index (κ2) is 6.46. The standard InChI is InChI=1S/C13H15N5O2/c1-14-10-8-11(16-7-5-12(19)20)18-13(17-10)9-4-2-3-6-15-9/h2-4,6,8H,5,7H2,1H3,(H,19,20)(H2,14,16,17,18). The highest BCUT2D eigenvalue weighted by molar-refractivity contribution is 5.67. The summed E-state index contributed by atoms with van der Waals surface area (Å²) >= 11 is 0. The van der Waals surface area contributed by atoms with Crippen molar-refractivity contribution in [2.75, 3.05) is 24.2 Å². The van der Waals surface area contributed by atoms with Crippen LogP contribution in [0.1, 0.15) is 6.42 Å². The van der Waals surface area contributed by atoms with Crippen molar-refractivity contribution in [3.8, 4) is 11.5 Å². The molecule has 2 aromatic heterocycles. The molecule has 7 heteroatoms. The van der Waals surface area contributed by atoms with E-state index < -0.39 is 5.97 Å². The van der Waals surface area contributed by atoms with Crippen LogP contribution in [0, 0.1) is 0 Å². The second-order valence-corrected chi connectivity index (χ2v) is 4.00. The van der Waals surface area contributed by atoms with E-state index in [2.05, 4.69) is 25.6 Å². The van der Waals surface area contributed by atoms with Crippen LogP contribution in [-0.2, 0) is 4.79 Å². The fourth-order valence-electron chi connectivity index (χ4n) is 1.57. The molecule has 0 aromatic carbocycles.